The Morgan fingerprint density at radius 3 is 2.38 bits per heavy atom. The maximum atomic E-state index is 13.3. The number of benzene rings is 2. The first-order valence-electron chi connectivity index (χ1n) is 10.0. The summed E-state index contributed by atoms with van der Waals surface area (Å²) < 4.78 is 21.8. The van der Waals surface area contributed by atoms with Crippen molar-refractivity contribution in [2.45, 2.75) is 30.7 Å². The summed E-state index contributed by atoms with van der Waals surface area (Å²) >= 11 is 0. The van der Waals surface area contributed by atoms with Gasteiger partial charge in [0.1, 0.15) is 46.9 Å². The van der Waals surface area contributed by atoms with Gasteiger partial charge < -0.3 is 54.4 Å². The van der Waals surface area contributed by atoms with Crippen LogP contribution in [0.15, 0.2) is 39.5 Å². The van der Waals surface area contributed by atoms with Crippen molar-refractivity contribution in [3.63, 3.8) is 0 Å². The normalized spacial score (nSPS) is 24.8. The Hall–Kier alpha value is -3.55. The smallest absolute Gasteiger partial charge is 0.239 e. The molecule has 1 aliphatic rings. The van der Waals surface area contributed by atoms with Crippen molar-refractivity contribution < 1.29 is 54.4 Å². The standard InChI is InChI=1S/C22H22O12/c1-31-12-4-8(2-3-10(12)25)20-21(17(28)15-11(26)5-9(24)6-13(15)32-20)34-22-19(30)18(29)16(27)14(7-23)33-22/h2-6,14,16,18-19,22-27,29-30H,7H2,1H3/t14-,16-,18+,19-,22-/m1/s1. The van der Waals surface area contributed by atoms with Crippen LogP contribution in [-0.4, -0.2) is 80.2 Å². The second kappa shape index (κ2) is 9.00. The fraction of sp³-hybridized carbons (Fsp3) is 0.318. The second-order valence-corrected chi connectivity index (χ2v) is 7.63. The topological polar surface area (TPSA) is 200 Å². The molecule has 0 aliphatic carbocycles. The van der Waals surface area contributed by atoms with Gasteiger partial charge in [-0.2, -0.15) is 0 Å². The molecule has 12 nitrogen and oxygen atoms in total. The molecular weight excluding hydrogens is 456 g/mol. The maximum Gasteiger partial charge on any atom is 0.239 e. The molecule has 4 rings (SSSR count). The van der Waals surface area contributed by atoms with Gasteiger partial charge in [0.25, 0.3) is 0 Å². The van der Waals surface area contributed by atoms with E-state index in [4.69, 9.17) is 18.6 Å². The average molecular weight is 478 g/mol. The Bertz CT molecular complexity index is 1270. The molecular formula is C22H22O12. The first-order chi connectivity index (χ1) is 16.2. The lowest BCUT2D eigenvalue weighted by Gasteiger charge is -2.39. The molecule has 0 radical (unpaired) electrons. The van der Waals surface area contributed by atoms with E-state index >= 15 is 0 Å². The Labute approximate surface area is 191 Å². The van der Waals surface area contributed by atoms with Gasteiger partial charge in [0.05, 0.1) is 13.7 Å². The molecule has 5 atom stereocenters. The first-order valence-corrected chi connectivity index (χ1v) is 10.0. The zero-order valence-corrected chi connectivity index (χ0v) is 17.7. The van der Waals surface area contributed by atoms with Crippen molar-refractivity contribution in [3.05, 3.63) is 40.6 Å². The molecule has 0 saturated carbocycles. The number of aliphatic hydroxyl groups is 4. The lowest BCUT2D eigenvalue weighted by molar-refractivity contribution is -0.277. The van der Waals surface area contributed by atoms with E-state index in [0.717, 1.165) is 12.1 Å². The highest BCUT2D eigenvalue weighted by molar-refractivity contribution is 5.88. The Balaban J connectivity index is 1.92. The van der Waals surface area contributed by atoms with Gasteiger partial charge in [0.15, 0.2) is 17.3 Å². The van der Waals surface area contributed by atoms with Gasteiger partial charge in [-0.25, -0.2) is 0 Å². The van der Waals surface area contributed by atoms with E-state index in [9.17, 15) is 40.5 Å². The number of hydrogen-bond donors (Lipinski definition) is 7. The molecule has 12 heteroatoms. The first kappa shape index (κ1) is 23.6. The summed E-state index contributed by atoms with van der Waals surface area (Å²) in [6.07, 6.45) is -8.29. The SMILES string of the molecule is COc1cc(-c2oc3cc(O)cc(O)c3c(=O)c2O[C@H]2O[C@H](CO)[C@@H](O)[C@H](O)[C@H]2O)ccc1O. The van der Waals surface area contributed by atoms with Gasteiger partial charge >= 0.3 is 0 Å². The number of fused-ring (bicyclic) bond motifs is 1. The van der Waals surface area contributed by atoms with Crippen molar-refractivity contribution in [2.24, 2.45) is 0 Å². The minimum atomic E-state index is -1.83. The summed E-state index contributed by atoms with van der Waals surface area (Å²) in [5.41, 5.74) is -0.959. The van der Waals surface area contributed by atoms with Crippen LogP contribution in [0.5, 0.6) is 28.7 Å². The summed E-state index contributed by atoms with van der Waals surface area (Å²) in [5, 5.41) is 69.4. The summed E-state index contributed by atoms with van der Waals surface area (Å²) in [6, 6.07) is 5.96. The molecule has 2 aromatic carbocycles. The van der Waals surface area contributed by atoms with Gasteiger partial charge in [-0.15, -0.1) is 0 Å². The minimum absolute atomic E-state index is 0.0257. The highest BCUT2D eigenvalue weighted by Gasteiger charge is 2.45. The number of rotatable bonds is 5. The van der Waals surface area contributed by atoms with Crippen LogP contribution in [0, 0.1) is 0 Å². The Morgan fingerprint density at radius 1 is 0.971 bits per heavy atom. The molecule has 0 unspecified atom stereocenters. The van der Waals surface area contributed by atoms with E-state index in [2.05, 4.69) is 0 Å². The van der Waals surface area contributed by atoms with Crippen molar-refractivity contribution >= 4 is 11.0 Å². The molecule has 1 fully saturated rings. The van der Waals surface area contributed by atoms with Crippen molar-refractivity contribution in [1.82, 2.24) is 0 Å². The number of hydrogen-bond acceptors (Lipinski definition) is 12. The predicted molar refractivity (Wildman–Crippen MR) is 114 cm³/mol. The number of aliphatic hydroxyl groups excluding tert-OH is 4. The summed E-state index contributed by atoms with van der Waals surface area (Å²) in [4.78, 5) is 13.3. The molecule has 34 heavy (non-hydrogen) atoms. The fourth-order valence-corrected chi connectivity index (χ4v) is 3.67. The van der Waals surface area contributed by atoms with E-state index in [0.29, 0.717) is 0 Å². The van der Waals surface area contributed by atoms with E-state index in [1.165, 1.54) is 25.3 Å². The molecule has 0 amide bonds. The molecule has 182 valence electrons. The monoisotopic (exact) mass is 478 g/mol. The second-order valence-electron chi connectivity index (χ2n) is 7.63. The maximum absolute atomic E-state index is 13.3. The number of methoxy groups -OCH3 is 1. The molecule has 7 N–H and O–H groups in total. The van der Waals surface area contributed by atoms with Crippen LogP contribution in [0.25, 0.3) is 22.3 Å². The zero-order chi connectivity index (χ0) is 24.7. The van der Waals surface area contributed by atoms with Crippen LogP contribution in [0.2, 0.25) is 0 Å². The Morgan fingerprint density at radius 2 is 1.71 bits per heavy atom. The van der Waals surface area contributed by atoms with Gasteiger partial charge in [0, 0.05) is 17.7 Å². The lowest BCUT2D eigenvalue weighted by Crippen LogP contribution is -2.60. The van der Waals surface area contributed by atoms with Gasteiger partial charge in [0.2, 0.25) is 17.5 Å². The van der Waals surface area contributed by atoms with Crippen molar-refractivity contribution in [2.75, 3.05) is 13.7 Å². The highest BCUT2D eigenvalue weighted by Crippen LogP contribution is 2.39. The van der Waals surface area contributed by atoms with Gasteiger partial charge in [-0.05, 0) is 18.2 Å². The van der Waals surface area contributed by atoms with Crippen LogP contribution < -0.4 is 14.9 Å². The number of phenolic OH excluding ortho intramolecular Hbond substituents is 3. The van der Waals surface area contributed by atoms with Crippen LogP contribution in [0.4, 0.5) is 0 Å². The molecule has 1 aromatic heterocycles. The quantitative estimate of drug-likeness (QED) is 0.254. The summed E-state index contributed by atoms with van der Waals surface area (Å²) in [6.45, 7) is -0.723. The summed E-state index contributed by atoms with van der Waals surface area (Å²) in [7, 11) is 1.30. The molecule has 2 heterocycles. The number of aromatic hydroxyl groups is 3. The minimum Gasteiger partial charge on any atom is -0.508 e. The van der Waals surface area contributed by atoms with Crippen LogP contribution >= 0.6 is 0 Å². The predicted octanol–water partition coefficient (Wildman–Crippen LogP) is -0.236. The lowest BCUT2D eigenvalue weighted by atomic mass is 9.99. The third kappa shape index (κ3) is 3.97. The molecule has 1 saturated heterocycles. The zero-order valence-electron chi connectivity index (χ0n) is 17.7. The Kier molecular flexibility index (Phi) is 6.25. The van der Waals surface area contributed by atoms with Crippen LogP contribution in [0.1, 0.15) is 0 Å². The van der Waals surface area contributed by atoms with Gasteiger partial charge in [-0.1, -0.05) is 0 Å². The molecule has 1 aliphatic heterocycles. The van der Waals surface area contributed by atoms with Crippen molar-refractivity contribution in [3.8, 4) is 40.1 Å². The van der Waals surface area contributed by atoms with Crippen molar-refractivity contribution in [1.29, 1.82) is 0 Å². The number of ether oxygens (including phenoxy) is 3. The van der Waals surface area contributed by atoms with E-state index in [1.54, 1.807) is 0 Å². The molecule has 0 bridgehead atoms. The molecule has 3 aromatic rings. The average Bonchev–Trinajstić information content (AvgIpc) is 2.80. The van der Waals surface area contributed by atoms with E-state index in [1.807, 2.05) is 0 Å². The third-order valence-electron chi connectivity index (χ3n) is 5.44. The fourth-order valence-electron chi connectivity index (χ4n) is 3.67. The molecule has 0 spiro atoms. The number of phenols is 3. The van der Waals surface area contributed by atoms with Crippen LogP contribution in [-0.2, 0) is 4.74 Å². The highest BCUT2D eigenvalue weighted by atomic mass is 16.7. The summed E-state index contributed by atoms with van der Waals surface area (Å²) in [5.74, 6) is -2.00. The van der Waals surface area contributed by atoms with Crippen LogP contribution in [0.3, 0.4) is 0 Å². The largest absolute Gasteiger partial charge is 0.508 e. The third-order valence-corrected chi connectivity index (χ3v) is 5.44. The van der Waals surface area contributed by atoms with Gasteiger partial charge in [-0.3, -0.25) is 4.79 Å². The van der Waals surface area contributed by atoms with E-state index < -0.39 is 54.2 Å². The van der Waals surface area contributed by atoms with E-state index in [-0.39, 0.29) is 39.5 Å².